The summed E-state index contributed by atoms with van der Waals surface area (Å²) in [6, 6.07) is 6.70. The van der Waals surface area contributed by atoms with E-state index in [0.717, 1.165) is 30.6 Å². The zero-order valence-corrected chi connectivity index (χ0v) is 19.3. The fourth-order valence-corrected chi connectivity index (χ4v) is 7.93. The number of thiophene rings is 1. The second-order valence-corrected chi connectivity index (χ2v) is 11.6. The fourth-order valence-electron chi connectivity index (χ4n) is 3.65. The molecule has 1 aromatic carbocycles. The second kappa shape index (κ2) is 8.66. The van der Waals surface area contributed by atoms with Gasteiger partial charge in [-0.05, 0) is 62.4 Å². The van der Waals surface area contributed by atoms with Crippen LogP contribution in [0.15, 0.2) is 45.5 Å². The van der Waals surface area contributed by atoms with Crippen LogP contribution in [0.5, 0.6) is 0 Å². The second-order valence-electron chi connectivity index (χ2n) is 7.20. The molecule has 1 fully saturated rings. The minimum Gasteiger partial charge on any atom is -0.465 e. The Kier molecular flexibility index (Phi) is 6.56. The number of anilines is 1. The van der Waals surface area contributed by atoms with Crippen molar-refractivity contribution in [3.8, 4) is 0 Å². The van der Waals surface area contributed by atoms with Gasteiger partial charge in [0.15, 0.2) is 0 Å². The topological polar surface area (TPSA) is 110 Å². The van der Waals surface area contributed by atoms with Gasteiger partial charge in [0, 0.05) is 17.8 Å². The van der Waals surface area contributed by atoms with E-state index >= 15 is 0 Å². The van der Waals surface area contributed by atoms with Crippen molar-refractivity contribution in [2.75, 3.05) is 11.8 Å². The highest BCUT2D eigenvalue weighted by Crippen LogP contribution is 2.30. The number of nitrogens with one attached hydrogen (secondary N) is 1. The van der Waals surface area contributed by atoms with Crippen molar-refractivity contribution in [3.05, 3.63) is 40.6 Å². The van der Waals surface area contributed by atoms with Gasteiger partial charge in [-0.1, -0.05) is 6.42 Å². The van der Waals surface area contributed by atoms with E-state index in [1.54, 1.807) is 0 Å². The van der Waals surface area contributed by atoms with Crippen LogP contribution >= 0.6 is 11.3 Å². The van der Waals surface area contributed by atoms with Gasteiger partial charge in [-0.15, -0.1) is 11.3 Å². The van der Waals surface area contributed by atoms with Gasteiger partial charge in [0.25, 0.3) is 10.0 Å². The number of methoxy groups -OCH3 is 1. The average molecular weight is 473 g/mol. The molecule has 2 heterocycles. The van der Waals surface area contributed by atoms with Gasteiger partial charge in [-0.3, -0.25) is 4.72 Å². The molecule has 0 radical (unpaired) electrons. The molecule has 0 aliphatic carbocycles. The van der Waals surface area contributed by atoms with Crippen molar-refractivity contribution in [2.24, 2.45) is 0 Å². The molecule has 1 aromatic heterocycles. The predicted molar refractivity (Wildman–Crippen MR) is 115 cm³/mol. The number of rotatable bonds is 6. The molecule has 1 saturated heterocycles. The first-order valence-electron chi connectivity index (χ1n) is 9.40. The monoisotopic (exact) mass is 472 g/mol. The highest BCUT2D eigenvalue weighted by Gasteiger charge is 2.35. The first-order valence-corrected chi connectivity index (χ1v) is 13.2. The van der Waals surface area contributed by atoms with E-state index < -0.39 is 26.0 Å². The van der Waals surface area contributed by atoms with Crippen molar-refractivity contribution < 1.29 is 26.4 Å². The van der Waals surface area contributed by atoms with E-state index in [2.05, 4.69) is 9.46 Å². The highest BCUT2D eigenvalue weighted by atomic mass is 32.2. The van der Waals surface area contributed by atoms with Gasteiger partial charge < -0.3 is 4.74 Å². The lowest BCUT2D eigenvalue weighted by Crippen LogP contribution is -2.47. The number of ether oxygens (including phenoxy) is 1. The number of sulfonamides is 2. The molecule has 1 N–H and O–H groups in total. The Morgan fingerprint density at radius 3 is 2.23 bits per heavy atom. The van der Waals surface area contributed by atoms with Gasteiger partial charge >= 0.3 is 5.97 Å². The SMILES string of the molecule is COC(=O)c1sccc1S(=O)(=O)Nc1ccc(S(=O)(=O)N2C(C)CCCC2C)cc1. The normalized spacial score (nSPS) is 20.6. The molecule has 2 atom stereocenters. The van der Waals surface area contributed by atoms with Crippen molar-refractivity contribution >= 4 is 43.0 Å². The van der Waals surface area contributed by atoms with Crippen LogP contribution in [-0.2, 0) is 24.8 Å². The number of benzene rings is 1. The average Bonchev–Trinajstić information content (AvgIpc) is 3.18. The Morgan fingerprint density at radius 1 is 1.07 bits per heavy atom. The first kappa shape index (κ1) is 22.7. The molecule has 0 amide bonds. The van der Waals surface area contributed by atoms with Crippen molar-refractivity contribution in [3.63, 3.8) is 0 Å². The Hall–Kier alpha value is -1.95. The van der Waals surface area contributed by atoms with Crippen LogP contribution in [0.4, 0.5) is 5.69 Å². The number of hydrogen-bond donors (Lipinski definition) is 1. The van der Waals surface area contributed by atoms with Crippen molar-refractivity contribution in [2.45, 2.75) is 55.0 Å². The smallest absolute Gasteiger partial charge is 0.349 e. The minimum absolute atomic E-state index is 0.0303. The molecule has 2 aromatic rings. The number of piperidine rings is 1. The van der Waals surface area contributed by atoms with Crippen LogP contribution in [0.3, 0.4) is 0 Å². The van der Waals surface area contributed by atoms with Crippen LogP contribution in [0.25, 0.3) is 0 Å². The summed E-state index contributed by atoms with van der Waals surface area (Å²) < 4.78 is 60.0. The Morgan fingerprint density at radius 2 is 1.67 bits per heavy atom. The largest absolute Gasteiger partial charge is 0.465 e. The summed E-state index contributed by atoms with van der Waals surface area (Å²) in [5.74, 6) is -0.739. The van der Waals surface area contributed by atoms with Crippen molar-refractivity contribution in [1.29, 1.82) is 0 Å². The maximum absolute atomic E-state index is 13.1. The van der Waals surface area contributed by atoms with Gasteiger partial charge in [-0.25, -0.2) is 21.6 Å². The van der Waals surface area contributed by atoms with Crippen LogP contribution in [0.2, 0.25) is 0 Å². The van der Waals surface area contributed by atoms with Gasteiger partial charge in [-0.2, -0.15) is 4.31 Å². The third-order valence-corrected chi connectivity index (χ3v) is 9.67. The van der Waals surface area contributed by atoms with Gasteiger partial charge in [0.1, 0.15) is 9.77 Å². The third kappa shape index (κ3) is 4.39. The van der Waals surface area contributed by atoms with E-state index in [0.29, 0.717) is 0 Å². The standard InChI is InChI=1S/C19H24N2O6S3/c1-13-5-4-6-14(2)21(13)30(25,26)16-9-7-15(8-10-16)20-29(23,24)17-11-12-28-18(17)19(22)27-3/h7-14,20H,4-6H2,1-3H3. The van der Waals surface area contributed by atoms with Crippen LogP contribution in [0.1, 0.15) is 42.8 Å². The number of carbonyl (C=O) groups excluding carboxylic acids is 1. The summed E-state index contributed by atoms with van der Waals surface area (Å²) in [7, 11) is -6.56. The van der Waals surface area contributed by atoms with Crippen LogP contribution in [-0.4, -0.2) is 46.3 Å². The maximum atomic E-state index is 13.1. The molecular weight excluding hydrogens is 448 g/mol. The number of nitrogens with zero attached hydrogens (tertiary/aromatic N) is 1. The predicted octanol–water partition coefficient (Wildman–Crippen LogP) is 3.29. The van der Waals surface area contributed by atoms with E-state index in [1.165, 1.54) is 47.1 Å². The molecule has 164 valence electrons. The van der Waals surface area contributed by atoms with Crippen LogP contribution < -0.4 is 4.72 Å². The summed E-state index contributed by atoms with van der Waals surface area (Å²) in [4.78, 5) is 11.7. The lowest BCUT2D eigenvalue weighted by atomic mass is 10.0. The zero-order valence-electron chi connectivity index (χ0n) is 16.9. The lowest BCUT2D eigenvalue weighted by Gasteiger charge is -2.37. The summed E-state index contributed by atoms with van der Waals surface area (Å²) >= 11 is 0.963. The fraction of sp³-hybridized carbons (Fsp3) is 0.421. The molecule has 8 nitrogen and oxygen atoms in total. The number of esters is 1. The summed E-state index contributed by atoms with van der Waals surface area (Å²) in [6.45, 7) is 3.80. The number of hydrogen-bond acceptors (Lipinski definition) is 7. The molecular formula is C19H24N2O6S3. The van der Waals surface area contributed by atoms with E-state index in [-0.39, 0.29) is 32.4 Å². The Labute approximate surface area is 181 Å². The summed E-state index contributed by atoms with van der Waals surface area (Å²) in [5.41, 5.74) is 0.190. The minimum atomic E-state index is -4.04. The molecule has 0 bridgehead atoms. The molecule has 1 aliphatic heterocycles. The zero-order chi connectivity index (χ0) is 22.1. The van der Waals surface area contributed by atoms with Crippen molar-refractivity contribution in [1.82, 2.24) is 4.31 Å². The lowest BCUT2D eigenvalue weighted by molar-refractivity contribution is 0.0602. The molecule has 0 spiro atoms. The molecule has 2 unspecified atom stereocenters. The van der Waals surface area contributed by atoms with E-state index in [4.69, 9.17) is 0 Å². The molecule has 30 heavy (non-hydrogen) atoms. The Bertz CT molecular complexity index is 1110. The molecule has 0 saturated carbocycles. The van der Waals surface area contributed by atoms with Crippen LogP contribution in [0, 0.1) is 0 Å². The first-order chi connectivity index (χ1) is 14.1. The summed E-state index contributed by atoms with van der Waals surface area (Å²) in [6.07, 6.45) is 2.61. The van der Waals surface area contributed by atoms with E-state index in [9.17, 15) is 21.6 Å². The summed E-state index contributed by atoms with van der Waals surface area (Å²) in [5, 5.41) is 1.48. The van der Waals surface area contributed by atoms with Gasteiger partial charge in [0.05, 0.1) is 12.0 Å². The highest BCUT2D eigenvalue weighted by molar-refractivity contribution is 7.93. The maximum Gasteiger partial charge on any atom is 0.349 e. The Balaban J connectivity index is 1.84. The van der Waals surface area contributed by atoms with E-state index in [1.807, 2.05) is 13.8 Å². The number of carbonyl (C=O) groups is 1. The quantitative estimate of drug-likeness (QED) is 0.646. The molecule has 11 heteroatoms. The molecule has 3 rings (SSSR count). The molecule has 1 aliphatic rings. The van der Waals surface area contributed by atoms with Gasteiger partial charge in [0.2, 0.25) is 10.0 Å². The third-order valence-electron chi connectivity index (χ3n) is 5.08.